The number of fused-ring (bicyclic) bond motifs is 3. The van der Waals surface area contributed by atoms with Crippen molar-refractivity contribution in [2.24, 2.45) is 5.92 Å². The Morgan fingerprint density at radius 3 is 2.64 bits per heavy atom. The van der Waals surface area contributed by atoms with Gasteiger partial charge in [-0.1, -0.05) is 12.1 Å². The van der Waals surface area contributed by atoms with Crippen LogP contribution < -0.4 is 4.74 Å². The number of hydrogen-bond acceptors (Lipinski definition) is 4. The van der Waals surface area contributed by atoms with Gasteiger partial charge in [0.25, 0.3) is 0 Å². The number of carbonyl (C=O) groups is 2. The van der Waals surface area contributed by atoms with E-state index in [9.17, 15) is 9.59 Å². The molecule has 0 bridgehead atoms. The van der Waals surface area contributed by atoms with Crippen molar-refractivity contribution in [1.29, 1.82) is 0 Å². The van der Waals surface area contributed by atoms with Crippen molar-refractivity contribution in [3.05, 3.63) is 29.3 Å². The normalized spacial score (nSPS) is 26.5. The van der Waals surface area contributed by atoms with Crippen molar-refractivity contribution in [2.75, 3.05) is 0 Å². The third-order valence-corrected chi connectivity index (χ3v) is 4.85. The number of esters is 2. The molecule has 4 nitrogen and oxygen atoms in total. The van der Waals surface area contributed by atoms with Crippen molar-refractivity contribution in [3.8, 4) is 5.75 Å². The quantitative estimate of drug-likeness (QED) is 0.621. The number of carbonyl (C=O) groups excluding carboxylic acids is 2. The number of rotatable bonds is 2. The van der Waals surface area contributed by atoms with Gasteiger partial charge in [0, 0.05) is 13.8 Å². The van der Waals surface area contributed by atoms with Crippen LogP contribution in [0.2, 0.25) is 0 Å². The van der Waals surface area contributed by atoms with Crippen LogP contribution >= 0.6 is 0 Å². The molecule has 0 amide bonds. The smallest absolute Gasteiger partial charge is 0.308 e. The fraction of sp³-hybridized carbons (Fsp3) is 0.556. The zero-order valence-corrected chi connectivity index (χ0v) is 13.1. The molecule has 0 N–H and O–H groups in total. The first-order valence-electron chi connectivity index (χ1n) is 8.02. The molecule has 2 aliphatic rings. The number of benzene rings is 1. The summed E-state index contributed by atoms with van der Waals surface area (Å²) in [6, 6.07) is 6.01. The van der Waals surface area contributed by atoms with E-state index < -0.39 is 0 Å². The molecule has 3 unspecified atom stereocenters. The Hall–Kier alpha value is -1.84. The summed E-state index contributed by atoms with van der Waals surface area (Å²) in [4.78, 5) is 22.4. The zero-order valence-electron chi connectivity index (χ0n) is 13.1. The first-order chi connectivity index (χ1) is 10.5. The van der Waals surface area contributed by atoms with E-state index in [1.165, 1.54) is 25.0 Å². The van der Waals surface area contributed by atoms with E-state index in [1.807, 2.05) is 12.1 Å². The molecule has 0 spiro atoms. The molecular weight excluding hydrogens is 280 g/mol. The van der Waals surface area contributed by atoms with Crippen LogP contribution in [-0.2, 0) is 20.7 Å². The van der Waals surface area contributed by atoms with E-state index in [-0.39, 0.29) is 18.0 Å². The summed E-state index contributed by atoms with van der Waals surface area (Å²) < 4.78 is 10.8. The molecule has 1 aromatic carbocycles. The highest BCUT2D eigenvalue weighted by Crippen LogP contribution is 2.47. The van der Waals surface area contributed by atoms with Crippen LogP contribution in [0.25, 0.3) is 0 Å². The molecule has 0 aromatic heterocycles. The Morgan fingerprint density at radius 1 is 1.09 bits per heavy atom. The molecule has 0 radical (unpaired) electrons. The van der Waals surface area contributed by atoms with Crippen LogP contribution in [0, 0.1) is 5.92 Å². The Bertz CT molecular complexity index is 593. The van der Waals surface area contributed by atoms with Gasteiger partial charge in [-0.05, 0) is 61.1 Å². The van der Waals surface area contributed by atoms with Gasteiger partial charge in [-0.2, -0.15) is 0 Å². The molecule has 22 heavy (non-hydrogen) atoms. The van der Waals surface area contributed by atoms with Crippen LogP contribution in [0.4, 0.5) is 0 Å². The van der Waals surface area contributed by atoms with Crippen molar-refractivity contribution in [2.45, 2.75) is 58.0 Å². The second kappa shape index (κ2) is 6.11. The third-order valence-electron chi connectivity index (χ3n) is 4.85. The molecule has 0 saturated heterocycles. The van der Waals surface area contributed by atoms with Crippen molar-refractivity contribution < 1.29 is 19.1 Å². The van der Waals surface area contributed by atoms with Gasteiger partial charge >= 0.3 is 11.9 Å². The average molecular weight is 302 g/mol. The third kappa shape index (κ3) is 3.01. The van der Waals surface area contributed by atoms with Crippen LogP contribution in [0.15, 0.2) is 18.2 Å². The molecular formula is C18H22O4. The number of hydrogen-bond donors (Lipinski definition) is 0. The SMILES string of the molecule is CC(=O)Oc1cccc2c1CCC1CC(OC(C)=O)CCC21. The van der Waals surface area contributed by atoms with E-state index in [1.54, 1.807) is 0 Å². The molecule has 4 heteroatoms. The maximum atomic E-state index is 11.3. The van der Waals surface area contributed by atoms with Crippen LogP contribution in [0.1, 0.15) is 56.6 Å². The summed E-state index contributed by atoms with van der Waals surface area (Å²) in [5.74, 6) is 1.31. The van der Waals surface area contributed by atoms with Gasteiger partial charge < -0.3 is 9.47 Å². The summed E-state index contributed by atoms with van der Waals surface area (Å²) >= 11 is 0. The molecule has 3 atom stereocenters. The predicted molar refractivity (Wildman–Crippen MR) is 81.7 cm³/mol. The van der Waals surface area contributed by atoms with Crippen molar-refractivity contribution >= 4 is 11.9 Å². The van der Waals surface area contributed by atoms with Gasteiger partial charge in [-0.3, -0.25) is 9.59 Å². The van der Waals surface area contributed by atoms with Gasteiger partial charge in [0.2, 0.25) is 0 Å². The minimum atomic E-state index is -0.269. The fourth-order valence-corrected chi connectivity index (χ4v) is 4.07. The minimum absolute atomic E-state index is 0.0666. The lowest BCUT2D eigenvalue weighted by Crippen LogP contribution is -2.32. The highest BCUT2D eigenvalue weighted by Gasteiger charge is 2.37. The molecule has 2 aliphatic carbocycles. The van der Waals surface area contributed by atoms with Crippen LogP contribution in [0.3, 0.4) is 0 Å². The average Bonchev–Trinajstić information content (AvgIpc) is 2.45. The summed E-state index contributed by atoms with van der Waals surface area (Å²) in [5.41, 5.74) is 2.50. The molecule has 3 rings (SSSR count). The lowest BCUT2D eigenvalue weighted by atomic mass is 9.67. The Morgan fingerprint density at radius 2 is 1.91 bits per heavy atom. The van der Waals surface area contributed by atoms with Gasteiger partial charge in [0.05, 0.1) is 0 Å². The van der Waals surface area contributed by atoms with Crippen molar-refractivity contribution in [1.82, 2.24) is 0 Å². The monoisotopic (exact) mass is 302 g/mol. The molecule has 118 valence electrons. The van der Waals surface area contributed by atoms with E-state index in [4.69, 9.17) is 9.47 Å². The molecule has 0 aliphatic heterocycles. The first kappa shape index (κ1) is 15.1. The van der Waals surface area contributed by atoms with Gasteiger partial charge in [-0.25, -0.2) is 0 Å². The summed E-state index contributed by atoms with van der Waals surface area (Å²) in [7, 11) is 0. The number of ether oxygens (including phenoxy) is 2. The van der Waals surface area contributed by atoms with Crippen LogP contribution in [0.5, 0.6) is 5.75 Å². The maximum Gasteiger partial charge on any atom is 0.308 e. The van der Waals surface area contributed by atoms with Gasteiger partial charge in [-0.15, -0.1) is 0 Å². The lowest BCUT2D eigenvalue weighted by Gasteiger charge is -2.40. The first-order valence-corrected chi connectivity index (χ1v) is 8.02. The molecule has 1 aromatic rings. The van der Waals surface area contributed by atoms with Gasteiger partial charge in [0.1, 0.15) is 11.9 Å². The highest BCUT2D eigenvalue weighted by molar-refractivity contribution is 5.70. The topological polar surface area (TPSA) is 52.6 Å². The molecule has 0 heterocycles. The lowest BCUT2D eigenvalue weighted by molar-refractivity contribution is -0.148. The van der Waals surface area contributed by atoms with Gasteiger partial charge in [0.15, 0.2) is 0 Å². The second-order valence-electron chi connectivity index (χ2n) is 6.37. The predicted octanol–water partition coefficient (Wildman–Crippen LogP) is 3.37. The zero-order chi connectivity index (χ0) is 15.7. The molecule has 1 saturated carbocycles. The van der Waals surface area contributed by atoms with E-state index in [2.05, 4.69) is 6.07 Å². The summed E-state index contributed by atoms with van der Waals surface area (Å²) in [6.07, 6.45) is 4.94. The largest absolute Gasteiger partial charge is 0.463 e. The van der Waals surface area contributed by atoms with E-state index in [0.29, 0.717) is 17.6 Å². The molecule has 1 fully saturated rings. The highest BCUT2D eigenvalue weighted by atomic mass is 16.5. The maximum absolute atomic E-state index is 11.3. The van der Waals surface area contributed by atoms with Crippen LogP contribution in [-0.4, -0.2) is 18.0 Å². The minimum Gasteiger partial charge on any atom is -0.463 e. The summed E-state index contributed by atoms with van der Waals surface area (Å²) in [6.45, 7) is 2.92. The van der Waals surface area contributed by atoms with E-state index >= 15 is 0 Å². The Labute approximate surface area is 130 Å². The Kier molecular flexibility index (Phi) is 4.19. The Balaban J connectivity index is 1.81. The van der Waals surface area contributed by atoms with Crippen molar-refractivity contribution in [3.63, 3.8) is 0 Å². The summed E-state index contributed by atoms with van der Waals surface area (Å²) in [5, 5.41) is 0. The second-order valence-corrected chi connectivity index (χ2v) is 6.37. The van der Waals surface area contributed by atoms with E-state index in [0.717, 1.165) is 32.1 Å². The standard InChI is InChI=1S/C18H22O4/c1-11(19)21-14-7-9-15-13(10-14)6-8-17-16(15)4-3-5-18(17)22-12(2)20/h3-5,13-15H,6-10H2,1-2H3. The fourth-order valence-electron chi connectivity index (χ4n) is 4.07.